The first kappa shape index (κ1) is 22.2. The van der Waals surface area contributed by atoms with Crippen LogP contribution in [0.4, 0.5) is 0 Å². The molecule has 0 aromatic heterocycles. The zero-order valence-corrected chi connectivity index (χ0v) is 17.4. The van der Waals surface area contributed by atoms with Crippen LogP contribution >= 0.6 is 11.6 Å². The quantitative estimate of drug-likeness (QED) is 0.357. The molecule has 0 bridgehead atoms. The van der Waals surface area contributed by atoms with Crippen LogP contribution in [0, 0.1) is 0 Å². The molecule has 8 nitrogen and oxygen atoms in total. The molecule has 2 aromatic rings. The number of halogens is 1. The van der Waals surface area contributed by atoms with Crippen LogP contribution in [0.15, 0.2) is 35.4 Å². The Morgan fingerprint density at radius 2 is 1.76 bits per heavy atom. The van der Waals surface area contributed by atoms with Crippen molar-refractivity contribution in [3.8, 4) is 23.0 Å². The van der Waals surface area contributed by atoms with E-state index in [9.17, 15) is 4.79 Å². The van der Waals surface area contributed by atoms with Crippen LogP contribution in [0.1, 0.15) is 11.1 Å². The molecule has 1 N–H and O–H groups in total. The van der Waals surface area contributed by atoms with Crippen molar-refractivity contribution in [2.24, 2.45) is 5.10 Å². The molecular weight excluding hydrogens is 400 g/mol. The van der Waals surface area contributed by atoms with Gasteiger partial charge in [-0.2, -0.15) is 5.10 Å². The lowest BCUT2D eigenvalue weighted by atomic mass is 10.2. The van der Waals surface area contributed by atoms with E-state index in [4.69, 9.17) is 30.5 Å². The van der Waals surface area contributed by atoms with Crippen LogP contribution in [0.5, 0.6) is 23.0 Å². The van der Waals surface area contributed by atoms with Crippen molar-refractivity contribution in [3.05, 3.63) is 46.5 Å². The minimum atomic E-state index is -0.520. The minimum Gasteiger partial charge on any atom is -0.493 e. The molecule has 156 valence electrons. The number of esters is 1. The Kier molecular flexibility index (Phi) is 8.42. The number of ether oxygens (including phenoxy) is 5. The van der Waals surface area contributed by atoms with E-state index in [1.807, 2.05) is 18.2 Å². The molecule has 0 heterocycles. The summed E-state index contributed by atoms with van der Waals surface area (Å²) in [7, 11) is 5.93. The van der Waals surface area contributed by atoms with E-state index in [-0.39, 0.29) is 17.4 Å². The van der Waals surface area contributed by atoms with Gasteiger partial charge in [-0.15, -0.1) is 0 Å². The van der Waals surface area contributed by atoms with Gasteiger partial charge in [-0.25, -0.2) is 4.79 Å². The Hall–Kier alpha value is -3.13. The predicted octanol–water partition coefficient (Wildman–Crippen LogP) is 3.04. The first-order valence-corrected chi connectivity index (χ1v) is 8.94. The second-order valence-corrected chi connectivity index (χ2v) is 6.09. The predicted molar refractivity (Wildman–Crippen MR) is 109 cm³/mol. The summed E-state index contributed by atoms with van der Waals surface area (Å²) in [6.07, 6.45) is 1.60. The van der Waals surface area contributed by atoms with Gasteiger partial charge in [0.2, 0.25) is 0 Å². The highest BCUT2D eigenvalue weighted by Crippen LogP contribution is 2.36. The Labute approximate surface area is 174 Å². The van der Waals surface area contributed by atoms with E-state index in [0.717, 1.165) is 5.56 Å². The highest BCUT2D eigenvalue weighted by atomic mass is 35.5. The average Bonchev–Trinajstić information content (AvgIpc) is 2.74. The third-order valence-electron chi connectivity index (χ3n) is 3.85. The van der Waals surface area contributed by atoms with Gasteiger partial charge in [0.05, 0.1) is 46.2 Å². The van der Waals surface area contributed by atoms with Gasteiger partial charge >= 0.3 is 5.97 Å². The van der Waals surface area contributed by atoms with E-state index < -0.39 is 5.97 Å². The molecule has 0 radical (unpaired) electrons. The van der Waals surface area contributed by atoms with Crippen LogP contribution in [0.2, 0.25) is 5.02 Å². The molecule has 0 fully saturated rings. The number of hydrogen-bond donors (Lipinski definition) is 1. The van der Waals surface area contributed by atoms with Crippen molar-refractivity contribution < 1.29 is 28.5 Å². The molecule has 0 amide bonds. The number of hydrogen-bond acceptors (Lipinski definition) is 8. The van der Waals surface area contributed by atoms with Gasteiger partial charge in [0.1, 0.15) is 0 Å². The normalized spacial score (nSPS) is 10.5. The number of methoxy groups -OCH3 is 4. The molecule has 2 rings (SSSR count). The summed E-state index contributed by atoms with van der Waals surface area (Å²) in [6, 6.07) is 8.96. The van der Waals surface area contributed by atoms with E-state index in [1.165, 1.54) is 14.2 Å². The number of carbonyl (C=O) groups is 1. The third kappa shape index (κ3) is 6.18. The molecule has 0 atom stereocenters. The fraction of sp³-hybridized carbons (Fsp3) is 0.300. The molecule has 0 aliphatic heterocycles. The standard InChI is InChI=1S/C20H23ClN2O6/c1-25-16-6-5-13(8-17(16)26-2)10-22-23-11-14-7-15(21)20(18(9-14)27-3)29-12-19(24)28-4/h5-9,11,22H,10,12H2,1-4H3/b23-11+. The molecule has 0 aliphatic rings. The lowest BCUT2D eigenvalue weighted by Crippen LogP contribution is -2.13. The van der Waals surface area contributed by atoms with Crippen molar-refractivity contribution in [2.45, 2.75) is 6.54 Å². The van der Waals surface area contributed by atoms with Crippen LogP contribution in [-0.4, -0.2) is 47.2 Å². The average molecular weight is 423 g/mol. The van der Waals surface area contributed by atoms with E-state index >= 15 is 0 Å². The van der Waals surface area contributed by atoms with Gasteiger partial charge in [0.25, 0.3) is 0 Å². The van der Waals surface area contributed by atoms with Crippen molar-refractivity contribution in [3.63, 3.8) is 0 Å². The zero-order valence-electron chi connectivity index (χ0n) is 16.7. The van der Waals surface area contributed by atoms with Crippen LogP contribution in [-0.2, 0) is 16.1 Å². The Morgan fingerprint density at radius 1 is 1.03 bits per heavy atom. The maximum Gasteiger partial charge on any atom is 0.343 e. The first-order chi connectivity index (χ1) is 14.0. The fourth-order valence-corrected chi connectivity index (χ4v) is 2.67. The Bertz CT molecular complexity index is 872. The maximum absolute atomic E-state index is 11.3. The lowest BCUT2D eigenvalue weighted by Gasteiger charge is -2.12. The monoisotopic (exact) mass is 422 g/mol. The largest absolute Gasteiger partial charge is 0.493 e. The summed E-state index contributed by atoms with van der Waals surface area (Å²) in [4.78, 5) is 11.3. The van der Waals surface area contributed by atoms with Gasteiger partial charge in [-0.3, -0.25) is 0 Å². The second kappa shape index (κ2) is 11.0. The molecular formula is C20H23ClN2O6. The number of nitrogens with one attached hydrogen (secondary N) is 1. The Morgan fingerprint density at radius 3 is 2.41 bits per heavy atom. The van der Waals surface area contributed by atoms with Crippen molar-refractivity contribution >= 4 is 23.8 Å². The van der Waals surface area contributed by atoms with Crippen molar-refractivity contribution in [1.82, 2.24) is 5.43 Å². The maximum atomic E-state index is 11.3. The first-order valence-electron chi connectivity index (χ1n) is 8.56. The van der Waals surface area contributed by atoms with Crippen LogP contribution < -0.4 is 24.4 Å². The highest BCUT2D eigenvalue weighted by Gasteiger charge is 2.13. The summed E-state index contributed by atoms with van der Waals surface area (Å²) in [5, 5.41) is 4.48. The molecule has 9 heteroatoms. The SMILES string of the molecule is COC(=O)COc1c(Cl)cc(/C=N/NCc2ccc(OC)c(OC)c2)cc1OC. The van der Waals surface area contributed by atoms with E-state index in [2.05, 4.69) is 15.3 Å². The van der Waals surface area contributed by atoms with Gasteiger partial charge in [0, 0.05) is 0 Å². The number of hydrazone groups is 1. The van der Waals surface area contributed by atoms with Crippen LogP contribution in [0.3, 0.4) is 0 Å². The number of nitrogens with zero attached hydrogens (tertiary/aromatic N) is 1. The van der Waals surface area contributed by atoms with Crippen LogP contribution in [0.25, 0.3) is 0 Å². The van der Waals surface area contributed by atoms with Gasteiger partial charge in [0.15, 0.2) is 29.6 Å². The molecule has 0 spiro atoms. The summed E-state index contributed by atoms with van der Waals surface area (Å²) < 4.78 is 25.7. The topological polar surface area (TPSA) is 87.6 Å². The smallest absolute Gasteiger partial charge is 0.343 e. The zero-order chi connectivity index (χ0) is 21.2. The summed E-state index contributed by atoms with van der Waals surface area (Å²) >= 11 is 6.25. The number of benzene rings is 2. The number of carbonyl (C=O) groups excluding carboxylic acids is 1. The Balaban J connectivity index is 2.03. The lowest BCUT2D eigenvalue weighted by molar-refractivity contribution is -0.142. The fourth-order valence-electron chi connectivity index (χ4n) is 2.39. The number of rotatable bonds is 10. The molecule has 29 heavy (non-hydrogen) atoms. The summed E-state index contributed by atoms with van der Waals surface area (Å²) in [5.74, 6) is 1.43. The summed E-state index contributed by atoms with van der Waals surface area (Å²) in [6.45, 7) is 0.217. The minimum absolute atomic E-state index is 0.259. The molecule has 0 aliphatic carbocycles. The van der Waals surface area contributed by atoms with Gasteiger partial charge in [-0.1, -0.05) is 17.7 Å². The highest BCUT2D eigenvalue weighted by molar-refractivity contribution is 6.32. The molecule has 0 unspecified atom stereocenters. The van der Waals surface area contributed by atoms with Gasteiger partial charge < -0.3 is 29.1 Å². The third-order valence-corrected chi connectivity index (χ3v) is 4.13. The molecule has 0 saturated heterocycles. The summed E-state index contributed by atoms with van der Waals surface area (Å²) in [5.41, 5.74) is 4.62. The molecule has 2 aromatic carbocycles. The van der Waals surface area contributed by atoms with E-state index in [0.29, 0.717) is 29.4 Å². The van der Waals surface area contributed by atoms with Gasteiger partial charge in [-0.05, 0) is 35.4 Å². The van der Waals surface area contributed by atoms with Crippen molar-refractivity contribution in [2.75, 3.05) is 35.0 Å². The van der Waals surface area contributed by atoms with Crippen molar-refractivity contribution in [1.29, 1.82) is 0 Å². The molecule has 0 saturated carbocycles. The second-order valence-electron chi connectivity index (χ2n) is 5.68. The van der Waals surface area contributed by atoms with E-state index in [1.54, 1.807) is 32.6 Å².